The molecule has 0 aliphatic heterocycles. The molecule has 258 valence electrons. The van der Waals surface area contributed by atoms with Crippen molar-refractivity contribution in [2.45, 2.75) is 108 Å². The van der Waals surface area contributed by atoms with Crippen molar-refractivity contribution in [2.24, 2.45) is 11.8 Å². The first-order valence-corrected chi connectivity index (χ1v) is 33.4. The molecule has 0 heterocycles. The van der Waals surface area contributed by atoms with Crippen molar-refractivity contribution in [1.82, 2.24) is 0 Å². The number of benzene rings is 4. The zero-order chi connectivity index (χ0) is 35.4. The fourth-order valence-electron chi connectivity index (χ4n) is 9.92. The Morgan fingerprint density at radius 3 is 1.18 bits per heavy atom. The van der Waals surface area contributed by atoms with Crippen molar-refractivity contribution in [1.29, 1.82) is 0 Å². The van der Waals surface area contributed by atoms with E-state index in [9.17, 15) is 0 Å². The van der Waals surface area contributed by atoms with Crippen LogP contribution < -0.4 is 0 Å². The molecule has 4 aliphatic rings. The number of hydrogen-bond donors (Lipinski definition) is 0. The Kier molecular flexibility index (Phi) is 8.11. The average molecular weight is 754 g/mol. The van der Waals surface area contributed by atoms with Gasteiger partial charge in [-0.3, -0.25) is 0 Å². The van der Waals surface area contributed by atoms with E-state index in [1.807, 2.05) is 11.1 Å². The Morgan fingerprint density at radius 2 is 0.880 bits per heavy atom. The molecule has 0 N–H and O–H groups in total. The van der Waals surface area contributed by atoms with Crippen LogP contribution in [0.4, 0.5) is 0 Å². The second-order valence-electron chi connectivity index (χ2n) is 19.6. The summed E-state index contributed by atoms with van der Waals surface area (Å²) in [7, 11) is 0. The zero-order valence-corrected chi connectivity index (χ0v) is 35.8. The van der Waals surface area contributed by atoms with Crippen LogP contribution in [0.15, 0.2) is 96.1 Å². The van der Waals surface area contributed by atoms with Crippen molar-refractivity contribution in [3.63, 3.8) is 0 Å². The number of fused-ring (bicyclic) bond motifs is 2. The second kappa shape index (κ2) is 11.7. The van der Waals surface area contributed by atoms with Gasteiger partial charge in [0.1, 0.15) is 0 Å². The topological polar surface area (TPSA) is 0 Å². The third-order valence-corrected chi connectivity index (χ3v) is 55.5. The summed E-state index contributed by atoms with van der Waals surface area (Å²) >= 11 is -3.81. The molecule has 2 heteroatoms. The molecule has 2 unspecified atom stereocenters. The van der Waals surface area contributed by atoms with E-state index in [0.717, 1.165) is 11.8 Å². The summed E-state index contributed by atoms with van der Waals surface area (Å²) in [6.45, 7) is 19.4. The van der Waals surface area contributed by atoms with Crippen LogP contribution in [0.5, 0.6) is 0 Å². The summed E-state index contributed by atoms with van der Waals surface area (Å²) in [4.78, 5) is 0. The Morgan fingerprint density at radius 1 is 0.520 bits per heavy atom. The summed E-state index contributed by atoms with van der Waals surface area (Å²) in [5.41, 5.74) is 18.1. The van der Waals surface area contributed by atoms with E-state index in [-0.39, 0.29) is 10.8 Å². The van der Waals surface area contributed by atoms with E-state index in [2.05, 4.69) is 161 Å². The Bertz CT molecular complexity index is 1990. The van der Waals surface area contributed by atoms with Gasteiger partial charge in [-0.05, 0) is 0 Å². The first-order valence-electron chi connectivity index (χ1n) is 19.5. The Balaban J connectivity index is 1.30. The molecule has 0 saturated heterocycles. The van der Waals surface area contributed by atoms with Crippen LogP contribution in [0.2, 0.25) is 22.4 Å². The molecular formula is C48H58SiZr. The van der Waals surface area contributed by atoms with Crippen LogP contribution >= 0.6 is 0 Å². The molecule has 2 fully saturated rings. The van der Waals surface area contributed by atoms with Gasteiger partial charge in [-0.2, -0.15) is 0 Å². The fourth-order valence-corrected chi connectivity index (χ4v) is 36.8. The Hall–Kier alpha value is -2.54. The van der Waals surface area contributed by atoms with E-state index < -0.39 is 22.8 Å². The number of hydrogen-bond acceptors (Lipinski definition) is 0. The summed E-state index contributed by atoms with van der Waals surface area (Å²) < 4.78 is 7.14. The van der Waals surface area contributed by atoms with Crippen molar-refractivity contribution in [3.05, 3.63) is 129 Å². The van der Waals surface area contributed by atoms with E-state index in [0.29, 0.717) is 7.25 Å². The van der Waals surface area contributed by atoms with Gasteiger partial charge in [0.05, 0.1) is 0 Å². The molecular weight excluding hydrogens is 696 g/mol. The molecule has 4 aromatic carbocycles. The van der Waals surface area contributed by atoms with Crippen LogP contribution in [-0.2, 0) is 28.2 Å². The molecule has 0 nitrogen and oxygen atoms in total. The molecule has 0 radical (unpaired) electrons. The van der Waals surface area contributed by atoms with E-state index >= 15 is 0 Å². The van der Waals surface area contributed by atoms with Crippen LogP contribution in [0.3, 0.4) is 0 Å². The van der Waals surface area contributed by atoms with Crippen molar-refractivity contribution in [3.8, 4) is 22.3 Å². The first kappa shape index (κ1) is 34.5. The van der Waals surface area contributed by atoms with Crippen molar-refractivity contribution < 1.29 is 17.4 Å². The standard InChI is InChI=1S/2C22H23.C2H6Si.2CH3.Zr/c2*1-22(2,3)19-11-9-16(10-12-19)20-6-4-5-17-13-18(14-21(17)20)15-7-8-15;1-3-2;;;/h2*4-6,9-15H,7-8H2,1-3H3;1-2H3;2*1H3;. The number of allylic oxidation sites excluding steroid dienone is 2. The van der Waals surface area contributed by atoms with Gasteiger partial charge in [0, 0.05) is 0 Å². The van der Waals surface area contributed by atoms with Gasteiger partial charge >= 0.3 is 306 Å². The molecule has 2 atom stereocenters. The summed E-state index contributed by atoms with van der Waals surface area (Å²) in [6.07, 6.45) is 10.9. The molecule has 50 heavy (non-hydrogen) atoms. The summed E-state index contributed by atoms with van der Waals surface area (Å²) in [5.74, 6) is 1.53. The van der Waals surface area contributed by atoms with Gasteiger partial charge in [-0.15, -0.1) is 0 Å². The SMILES string of the molecule is C[Si](C)=[Zr]([CH3])([CH3])([CH]1C(C2CC2)=Cc2c(-c3ccc(C(C)(C)C)cc3)cccc21)[CH]1C(C2CC2)=Cc2c(-c3ccc(C(C)(C)C)cc3)cccc21. The Labute approximate surface area is 304 Å². The van der Waals surface area contributed by atoms with Crippen molar-refractivity contribution >= 4 is 17.6 Å². The summed E-state index contributed by atoms with van der Waals surface area (Å²) in [5, 5.41) is 0. The average Bonchev–Trinajstić information content (AvgIpc) is 4.01. The minimum atomic E-state index is -3.81. The van der Waals surface area contributed by atoms with Crippen molar-refractivity contribution in [2.75, 3.05) is 0 Å². The molecule has 4 aliphatic carbocycles. The quantitative estimate of drug-likeness (QED) is 0.172. The van der Waals surface area contributed by atoms with Gasteiger partial charge in [-0.25, -0.2) is 0 Å². The maximum atomic E-state index is 2.96. The third kappa shape index (κ3) is 5.53. The van der Waals surface area contributed by atoms with Crippen LogP contribution in [-0.4, -0.2) is 5.43 Å². The minimum absolute atomic E-state index is 0.160. The molecule has 0 spiro atoms. The zero-order valence-electron chi connectivity index (χ0n) is 32.4. The van der Waals surface area contributed by atoms with Gasteiger partial charge in [0.2, 0.25) is 0 Å². The molecule has 2 saturated carbocycles. The van der Waals surface area contributed by atoms with Crippen LogP contribution in [0.1, 0.15) is 108 Å². The summed E-state index contributed by atoms with van der Waals surface area (Å²) in [6, 6.07) is 33.8. The maximum absolute atomic E-state index is 3.81. The predicted octanol–water partition coefficient (Wildman–Crippen LogP) is 14.0. The second-order valence-corrected chi connectivity index (χ2v) is 54.0. The molecule has 0 amide bonds. The van der Waals surface area contributed by atoms with Crippen LogP contribution in [0, 0.1) is 11.8 Å². The van der Waals surface area contributed by atoms with Gasteiger partial charge < -0.3 is 0 Å². The van der Waals surface area contributed by atoms with Crippen LogP contribution in [0.25, 0.3) is 34.4 Å². The predicted molar refractivity (Wildman–Crippen MR) is 217 cm³/mol. The molecule has 4 aromatic rings. The molecule has 0 bridgehead atoms. The first-order chi connectivity index (χ1) is 23.6. The molecule has 8 rings (SSSR count). The van der Waals surface area contributed by atoms with E-state index in [1.54, 1.807) is 11.1 Å². The fraction of sp³-hybridized carbons (Fsp3) is 0.417. The molecule has 0 aromatic heterocycles. The van der Waals surface area contributed by atoms with Gasteiger partial charge in [-0.1, -0.05) is 0 Å². The van der Waals surface area contributed by atoms with E-state index in [1.165, 1.54) is 70.2 Å². The van der Waals surface area contributed by atoms with E-state index in [4.69, 9.17) is 0 Å². The third-order valence-electron chi connectivity index (χ3n) is 13.8. The number of rotatable bonds is 6. The van der Waals surface area contributed by atoms with Gasteiger partial charge in [0.25, 0.3) is 0 Å². The normalized spacial score (nSPS) is 20.7. The van der Waals surface area contributed by atoms with Gasteiger partial charge in [0.15, 0.2) is 0 Å². The monoisotopic (exact) mass is 752 g/mol.